The van der Waals surface area contributed by atoms with Crippen LogP contribution in [0.15, 0.2) is 39.7 Å². The number of hydrogen-bond acceptors (Lipinski definition) is 6. The average molecular weight is 513 g/mol. The zero-order valence-corrected chi connectivity index (χ0v) is 19.6. The number of halogens is 2. The van der Waals surface area contributed by atoms with Crippen LogP contribution < -0.4 is 14.4 Å². The number of benzene rings is 2. The first-order valence-corrected chi connectivity index (χ1v) is 12.0. The van der Waals surface area contributed by atoms with Crippen molar-refractivity contribution in [2.75, 3.05) is 22.8 Å². The van der Waals surface area contributed by atoms with Gasteiger partial charge >= 0.3 is 5.97 Å². The lowest BCUT2D eigenvalue weighted by Crippen LogP contribution is -2.53. The van der Waals surface area contributed by atoms with Crippen LogP contribution in [0.4, 0.5) is 15.8 Å². The fourth-order valence-electron chi connectivity index (χ4n) is 3.56. The van der Waals surface area contributed by atoms with Gasteiger partial charge in [0.15, 0.2) is 5.75 Å². The average Bonchev–Trinajstić information content (AvgIpc) is 2.59. The molecule has 0 spiro atoms. The topological polar surface area (TPSA) is 84.9 Å². The molecule has 1 N–H and O–H groups in total. The van der Waals surface area contributed by atoms with E-state index < -0.39 is 27.4 Å². The number of sulfonamides is 1. The summed E-state index contributed by atoms with van der Waals surface area (Å²) in [5, 5.41) is 0. The van der Waals surface area contributed by atoms with Gasteiger partial charge in [-0.1, -0.05) is 0 Å². The van der Waals surface area contributed by atoms with Gasteiger partial charge in [0.2, 0.25) is 0 Å². The van der Waals surface area contributed by atoms with Crippen LogP contribution in [0.2, 0.25) is 0 Å². The third-order valence-electron chi connectivity index (χ3n) is 5.04. The lowest BCUT2D eigenvalue weighted by atomic mass is 9.98. The number of rotatable bonds is 4. The van der Waals surface area contributed by atoms with Crippen LogP contribution in [0.5, 0.6) is 5.75 Å². The van der Waals surface area contributed by atoms with Gasteiger partial charge in [-0.3, -0.25) is 4.72 Å². The first-order valence-electron chi connectivity index (χ1n) is 9.74. The van der Waals surface area contributed by atoms with Crippen LogP contribution in [-0.2, 0) is 14.8 Å². The molecule has 1 atom stereocenters. The second-order valence-corrected chi connectivity index (χ2v) is 11.0. The number of carbonyl (C=O) groups excluding carboxylic acids is 1. The highest BCUT2D eigenvalue weighted by atomic mass is 79.9. The summed E-state index contributed by atoms with van der Waals surface area (Å²) in [5.41, 5.74) is -0.0128. The van der Waals surface area contributed by atoms with Gasteiger partial charge < -0.3 is 14.4 Å². The molecule has 2 aromatic rings. The summed E-state index contributed by atoms with van der Waals surface area (Å²) < 4.78 is 53.4. The highest BCUT2D eigenvalue weighted by Crippen LogP contribution is 2.45. The van der Waals surface area contributed by atoms with Gasteiger partial charge in [-0.05, 0) is 73.5 Å². The molecule has 2 heterocycles. The standard InChI is InChI=1S/C21H22BrFN2O5S/c1-21(2,3)30-20(26)18-15(5-6-16-19(18)29-11-13-8-9-25(13)16)24-31(27,28)17-7-4-12(23)10-14(17)22/h4-7,10,13,24H,8-9,11H2,1-3H3. The minimum atomic E-state index is -4.14. The number of nitrogens with one attached hydrogen (secondary N) is 1. The molecule has 2 aliphatic heterocycles. The van der Waals surface area contributed by atoms with E-state index in [2.05, 4.69) is 25.6 Å². The predicted octanol–water partition coefficient (Wildman–Crippen LogP) is 4.32. The van der Waals surface area contributed by atoms with Gasteiger partial charge in [0, 0.05) is 11.0 Å². The van der Waals surface area contributed by atoms with E-state index in [9.17, 15) is 17.6 Å². The lowest BCUT2D eigenvalue weighted by Gasteiger charge is -2.47. The van der Waals surface area contributed by atoms with Crippen molar-refractivity contribution in [3.63, 3.8) is 0 Å². The predicted molar refractivity (Wildman–Crippen MR) is 118 cm³/mol. The summed E-state index contributed by atoms with van der Waals surface area (Å²) in [6.07, 6.45) is 0.994. The Bertz CT molecular complexity index is 1160. The fourth-order valence-corrected chi connectivity index (χ4v) is 5.69. The van der Waals surface area contributed by atoms with Crippen molar-refractivity contribution in [2.24, 2.45) is 0 Å². The van der Waals surface area contributed by atoms with E-state index >= 15 is 0 Å². The van der Waals surface area contributed by atoms with Gasteiger partial charge in [0.05, 0.1) is 17.4 Å². The van der Waals surface area contributed by atoms with Crippen molar-refractivity contribution in [2.45, 2.75) is 43.7 Å². The Kier molecular flexibility index (Phi) is 5.41. The molecule has 0 bridgehead atoms. The molecule has 31 heavy (non-hydrogen) atoms. The molecule has 166 valence electrons. The first kappa shape index (κ1) is 21.9. The van der Waals surface area contributed by atoms with Crippen molar-refractivity contribution < 1.29 is 27.1 Å². The van der Waals surface area contributed by atoms with Gasteiger partial charge in [0.1, 0.15) is 28.5 Å². The first-order chi connectivity index (χ1) is 14.5. The van der Waals surface area contributed by atoms with Crippen LogP contribution in [0.3, 0.4) is 0 Å². The van der Waals surface area contributed by atoms with E-state index in [1.807, 2.05) is 0 Å². The van der Waals surface area contributed by atoms with Crippen molar-refractivity contribution in [3.8, 4) is 5.75 Å². The minimum Gasteiger partial charge on any atom is -0.488 e. The Hall–Kier alpha value is -2.33. The Morgan fingerprint density at radius 2 is 2.03 bits per heavy atom. The summed E-state index contributed by atoms with van der Waals surface area (Å²) in [7, 11) is -4.14. The summed E-state index contributed by atoms with van der Waals surface area (Å²) in [5.74, 6) is -0.977. The molecule has 2 aliphatic rings. The van der Waals surface area contributed by atoms with Gasteiger partial charge in [-0.15, -0.1) is 0 Å². The number of anilines is 2. The Labute approximate surface area is 188 Å². The van der Waals surface area contributed by atoms with E-state index in [1.54, 1.807) is 26.8 Å². The molecule has 1 saturated heterocycles. The normalized spacial score (nSPS) is 17.7. The van der Waals surface area contributed by atoms with Gasteiger partial charge in [-0.2, -0.15) is 0 Å². The van der Waals surface area contributed by atoms with E-state index in [1.165, 1.54) is 6.07 Å². The Morgan fingerprint density at radius 3 is 2.65 bits per heavy atom. The number of carbonyl (C=O) groups is 1. The Balaban J connectivity index is 1.79. The van der Waals surface area contributed by atoms with Crippen LogP contribution in [0, 0.1) is 5.82 Å². The molecule has 0 aliphatic carbocycles. The molecule has 2 aromatic carbocycles. The van der Waals surface area contributed by atoms with E-state index in [-0.39, 0.29) is 26.7 Å². The second kappa shape index (κ2) is 7.67. The molecular formula is C21H22BrFN2O5S. The summed E-state index contributed by atoms with van der Waals surface area (Å²) in [6.45, 7) is 6.43. The van der Waals surface area contributed by atoms with E-state index in [4.69, 9.17) is 9.47 Å². The highest BCUT2D eigenvalue weighted by molar-refractivity contribution is 9.10. The monoisotopic (exact) mass is 512 g/mol. The Morgan fingerprint density at radius 1 is 1.29 bits per heavy atom. The number of ether oxygens (including phenoxy) is 2. The molecule has 0 amide bonds. The zero-order valence-electron chi connectivity index (χ0n) is 17.2. The van der Waals surface area contributed by atoms with Crippen molar-refractivity contribution in [3.05, 3.63) is 46.2 Å². The van der Waals surface area contributed by atoms with E-state index in [0.29, 0.717) is 12.4 Å². The summed E-state index contributed by atoms with van der Waals surface area (Å²) >= 11 is 3.08. The number of nitrogens with zero attached hydrogens (tertiary/aromatic N) is 1. The van der Waals surface area contributed by atoms with E-state index in [0.717, 1.165) is 36.9 Å². The number of fused-ring (bicyclic) bond motifs is 3. The quantitative estimate of drug-likeness (QED) is 0.614. The van der Waals surface area contributed by atoms with Crippen molar-refractivity contribution >= 4 is 43.3 Å². The molecule has 7 nitrogen and oxygen atoms in total. The summed E-state index contributed by atoms with van der Waals surface area (Å²) in [4.78, 5) is 15.0. The smallest absolute Gasteiger partial charge is 0.344 e. The third kappa shape index (κ3) is 4.23. The zero-order chi connectivity index (χ0) is 22.6. The number of hydrogen-bond donors (Lipinski definition) is 1. The van der Waals surface area contributed by atoms with Crippen molar-refractivity contribution in [1.29, 1.82) is 0 Å². The van der Waals surface area contributed by atoms with Crippen LogP contribution in [0.25, 0.3) is 0 Å². The second-order valence-electron chi connectivity index (χ2n) is 8.47. The maximum Gasteiger partial charge on any atom is 0.344 e. The largest absolute Gasteiger partial charge is 0.488 e. The van der Waals surface area contributed by atoms with Crippen LogP contribution in [0.1, 0.15) is 37.6 Å². The lowest BCUT2D eigenvalue weighted by molar-refractivity contribution is 0.00660. The molecule has 1 fully saturated rings. The van der Waals surface area contributed by atoms with Crippen molar-refractivity contribution in [1.82, 2.24) is 0 Å². The van der Waals surface area contributed by atoms with Gasteiger partial charge in [-0.25, -0.2) is 17.6 Å². The molecule has 0 aromatic heterocycles. The fraction of sp³-hybridized carbons (Fsp3) is 0.381. The highest BCUT2D eigenvalue weighted by Gasteiger charge is 2.38. The number of esters is 1. The minimum absolute atomic E-state index is 0.0135. The molecule has 0 saturated carbocycles. The molecule has 10 heteroatoms. The maximum atomic E-state index is 13.4. The third-order valence-corrected chi connectivity index (χ3v) is 7.38. The van der Waals surface area contributed by atoms with Crippen LogP contribution in [-0.4, -0.2) is 39.2 Å². The summed E-state index contributed by atoms with van der Waals surface area (Å²) in [6, 6.07) is 6.76. The SMILES string of the molecule is CC(C)(C)OC(=O)c1c(NS(=O)(=O)c2ccc(F)cc2Br)ccc2c1OCC1CCN21. The maximum absolute atomic E-state index is 13.4. The molecule has 1 unspecified atom stereocenters. The van der Waals surface area contributed by atoms with Gasteiger partial charge in [0.25, 0.3) is 10.0 Å². The molecule has 0 radical (unpaired) electrons. The molecular weight excluding hydrogens is 491 g/mol. The molecule has 4 rings (SSSR count). The van der Waals surface area contributed by atoms with Crippen LogP contribution >= 0.6 is 15.9 Å².